The van der Waals surface area contributed by atoms with Crippen molar-refractivity contribution < 1.29 is 8.42 Å². The molecule has 0 aliphatic rings. The number of hydrogen-bond donors (Lipinski definition) is 2. The van der Waals surface area contributed by atoms with Gasteiger partial charge in [0.1, 0.15) is 4.90 Å². The largest absolute Gasteiger partial charge is 0.280 e. The number of hydrogen-bond acceptors (Lipinski definition) is 4. The molecule has 20 heavy (non-hydrogen) atoms. The van der Waals surface area contributed by atoms with Crippen molar-refractivity contribution in [3.05, 3.63) is 40.5 Å². The topological polar surface area (TPSA) is 98.6 Å². The molecule has 1 aromatic heterocycles. The smallest absolute Gasteiger partial charge is 0.264 e. The molecule has 6 nitrogen and oxygen atoms in total. The molecule has 0 aliphatic carbocycles. The Kier molecular flexibility index (Phi) is 3.97. The molecule has 0 atom stereocenters. The Balaban J connectivity index is 2.38. The van der Waals surface area contributed by atoms with E-state index < -0.39 is 10.0 Å². The van der Waals surface area contributed by atoms with E-state index in [1.54, 1.807) is 6.07 Å². The van der Waals surface area contributed by atoms with Crippen molar-refractivity contribution in [1.82, 2.24) is 10.2 Å². The van der Waals surface area contributed by atoms with Crippen molar-refractivity contribution in [2.24, 2.45) is 0 Å². The fourth-order valence-electron chi connectivity index (χ4n) is 1.57. The predicted octanol–water partition coefficient (Wildman–Crippen LogP) is 2.30. The normalized spacial score (nSPS) is 11.1. The minimum atomic E-state index is -3.89. The minimum absolute atomic E-state index is 0.0442. The zero-order valence-electron chi connectivity index (χ0n) is 10.5. The lowest BCUT2D eigenvalue weighted by molar-refractivity contribution is 0.601. The van der Waals surface area contributed by atoms with E-state index in [-0.39, 0.29) is 21.3 Å². The lowest BCUT2D eigenvalue weighted by Gasteiger charge is -2.07. The van der Waals surface area contributed by atoms with Gasteiger partial charge in [0.25, 0.3) is 10.0 Å². The van der Waals surface area contributed by atoms with Gasteiger partial charge in [-0.3, -0.25) is 9.82 Å². The molecule has 104 valence electrons. The van der Waals surface area contributed by atoms with Gasteiger partial charge in [0.05, 0.1) is 16.7 Å². The zero-order chi connectivity index (χ0) is 14.8. The maximum Gasteiger partial charge on any atom is 0.264 e. The molecule has 0 saturated heterocycles. The molecule has 1 heterocycles. The van der Waals surface area contributed by atoms with Crippen molar-refractivity contribution in [2.45, 2.75) is 18.2 Å². The van der Waals surface area contributed by atoms with Crippen molar-refractivity contribution in [1.29, 1.82) is 5.26 Å². The second-order valence-corrected chi connectivity index (χ2v) is 6.05. The van der Waals surface area contributed by atoms with Crippen molar-refractivity contribution >= 4 is 27.4 Å². The van der Waals surface area contributed by atoms with E-state index in [2.05, 4.69) is 14.9 Å². The third-order valence-corrected chi connectivity index (χ3v) is 4.44. The van der Waals surface area contributed by atoms with Crippen LogP contribution in [0.3, 0.4) is 0 Å². The highest BCUT2D eigenvalue weighted by Crippen LogP contribution is 2.24. The molecular formula is C12H11ClN4O2S. The summed E-state index contributed by atoms with van der Waals surface area (Å²) >= 11 is 5.88. The lowest BCUT2D eigenvalue weighted by atomic mass is 10.2. The summed E-state index contributed by atoms with van der Waals surface area (Å²) in [5.74, 6) is 0.181. The Hall–Kier alpha value is -2.04. The molecule has 2 N–H and O–H groups in total. The van der Waals surface area contributed by atoms with Crippen LogP contribution in [0.15, 0.2) is 29.2 Å². The van der Waals surface area contributed by atoms with Crippen molar-refractivity contribution in [2.75, 3.05) is 4.72 Å². The van der Waals surface area contributed by atoms with Gasteiger partial charge in [-0.05, 0) is 24.6 Å². The fourth-order valence-corrected chi connectivity index (χ4v) is 3.09. The lowest BCUT2D eigenvalue weighted by Crippen LogP contribution is -2.14. The number of rotatable bonds is 4. The number of H-pyrrole nitrogens is 1. The Morgan fingerprint density at radius 1 is 1.45 bits per heavy atom. The fraction of sp³-hybridized carbons (Fsp3) is 0.167. The van der Waals surface area contributed by atoms with Crippen molar-refractivity contribution in [3.8, 4) is 6.07 Å². The second-order valence-electron chi connectivity index (χ2n) is 3.99. The molecule has 2 rings (SSSR count). The van der Waals surface area contributed by atoms with Gasteiger partial charge in [0.15, 0.2) is 5.82 Å². The summed E-state index contributed by atoms with van der Waals surface area (Å²) in [5.41, 5.74) is 1.02. The predicted molar refractivity (Wildman–Crippen MR) is 74.9 cm³/mol. The summed E-state index contributed by atoms with van der Waals surface area (Å²) in [6.07, 6.45) is 0.708. The highest BCUT2D eigenvalue weighted by atomic mass is 35.5. The number of nitrogens with zero attached hydrogens (tertiary/aromatic N) is 2. The van der Waals surface area contributed by atoms with E-state index in [1.807, 2.05) is 13.0 Å². The molecule has 0 radical (unpaired) electrons. The standard InChI is InChI=1S/C12H11ClN4O2S/c1-2-9-6-12(16-15-9)17-20(18,19)11-5-8(7-14)3-4-10(11)13/h3-6H,2H2,1H3,(H2,15,16,17). The average Bonchev–Trinajstić information content (AvgIpc) is 2.86. The zero-order valence-corrected chi connectivity index (χ0v) is 12.1. The summed E-state index contributed by atoms with van der Waals surface area (Å²) in [6, 6.07) is 7.51. The molecule has 0 aliphatic heterocycles. The summed E-state index contributed by atoms with van der Waals surface area (Å²) in [6.45, 7) is 1.92. The molecule has 8 heteroatoms. The molecule has 0 unspecified atom stereocenters. The van der Waals surface area contributed by atoms with E-state index >= 15 is 0 Å². The minimum Gasteiger partial charge on any atom is -0.280 e. The summed E-state index contributed by atoms with van der Waals surface area (Å²) in [5, 5.41) is 15.4. The van der Waals surface area contributed by atoms with Gasteiger partial charge in [-0.25, -0.2) is 8.42 Å². The third kappa shape index (κ3) is 2.92. The molecule has 0 saturated carbocycles. The molecule has 2 aromatic rings. The Bertz CT molecular complexity index is 777. The van der Waals surface area contributed by atoms with E-state index in [0.717, 1.165) is 5.69 Å². The molecule has 0 spiro atoms. The Morgan fingerprint density at radius 2 is 2.20 bits per heavy atom. The number of nitriles is 1. The quantitative estimate of drug-likeness (QED) is 0.905. The van der Waals surface area contributed by atoms with Crippen LogP contribution in [-0.2, 0) is 16.4 Å². The van der Waals surface area contributed by atoms with Crippen LogP contribution in [0.5, 0.6) is 0 Å². The SMILES string of the molecule is CCc1cc(NS(=O)(=O)c2cc(C#N)ccc2Cl)n[nH]1. The van der Waals surface area contributed by atoms with E-state index in [0.29, 0.717) is 6.42 Å². The van der Waals surface area contributed by atoms with Crippen LogP contribution in [0.4, 0.5) is 5.82 Å². The van der Waals surface area contributed by atoms with Crippen molar-refractivity contribution in [3.63, 3.8) is 0 Å². The van der Waals surface area contributed by atoms with Gasteiger partial charge >= 0.3 is 0 Å². The number of aromatic amines is 1. The van der Waals surface area contributed by atoms with Crippen LogP contribution in [-0.4, -0.2) is 18.6 Å². The van der Waals surface area contributed by atoms with Crippen LogP contribution in [0, 0.1) is 11.3 Å². The number of nitrogens with one attached hydrogen (secondary N) is 2. The van der Waals surface area contributed by atoms with Crippen LogP contribution >= 0.6 is 11.6 Å². The molecular weight excluding hydrogens is 300 g/mol. The van der Waals surface area contributed by atoms with E-state index in [1.165, 1.54) is 18.2 Å². The summed E-state index contributed by atoms with van der Waals surface area (Å²) in [4.78, 5) is -0.153. The number of aryl methyl sites for hydroxylation is 1. The number of benzene rings is 1. The van der Waals surface area contributed by atoms with E-state index in [4.69, 9.17) is 16.9 Å². The number of anilines is 1. The number of halogens is 1. The van der Waals surface area contributed by atoms with Gasteiger partial charge in [0.2, 0.25) is 0 Å². The number of sulfonamides is 1. The van der Waals surface area contributed by atoms with Gasteiger partial charge in [-0.1, -0.05) is 18.5 Å². The Labute approximate surface area is 121 Å². The summed E-state index contributed by atoms with van der Waals surface area (Å²) < 4.78 is 26.8. The monoisotopic (exact) mass is 310 g/mol. The first-order valence-electron chi connectivity index (χ1n) is 5.73. The average molecular weight is 311 g/mol. The maximum atomic E-state index is 12.2. The van der Waals surface area contributed by atoms with Crippen LogP contribution < -0.4 is 4.72 Å². The summed E-state index contributed by atoms with van der Waals surface area (Å²) in [7, 11) is -3.89. The van der Waals surface area contributed by atoms with Crippen LogP contribution in [0.25, 0.3) is 0 Å². The highest BCUT2D eigenvalue weighted by Gasteiger charge is 2.20. The van der Waals surface area contributed by atoms with Gasteiger partial charge in [-0.15, -0.1) is 0 Å². The van der Waals surface area contributed by atoms with Crippen LogP contribution in [0.1, 0.15) is 18.2 Å². The molecule has 1 aromatic carbocycles. The first-order valence-corrected chi connectivity index (χ1v) is 7.59. The molecule has 0 fully saturated rings. The molecule has 0 bridgehead atoms. The van der Waals surface area contributed by atoms with E-state index in [9.17, 15) is 8.42 Å². The second kappa shape index (κ2) is 5.53. The first-order chi connectivity index (χ1) is 9.46. The van der Waals surface area contributed by atoms with Gasteiger partial charge < -0.3 is 0 Å². The third-order valence-electron chi connectivity index (χ3n) is 2.60. The first kappa shape index (κ1) is 14.4. The molecule has 0 amide bonds. The van der Waals surface area contributed by atoms with Gasteiger partial charge in [-0.2, -0.15) is 10.4 Å². The highest BCUT2D eigenvalue weighted by molar-refractivity contribution is 7.92. The Morgan fingerprint density at radius 3 is 2.80 bits per heavy atom. The number of aromatic nitrogens is 2. The van der Waals surface area contributed by atoms with Gasteiger partial charge in [0, 0.05) is 11.8 Å². The van der Waals surface area contributed by atoms with Crippen LogP contribution in [0.2, 0.25) is 5.02 Å². The maximum absolute atomic E-state index is 12.2.